The molecule has 1 fully saturated rings. The molecule has 1 saturated heterocycles. The summed E-state index contributed by atoms with van der Waals surface area (Å²) in [4.78, 5) is 12.9. The number of nitrogens with one attached hydrogen (secondary N) is 1. The molecule has 2 aromatic heterocycles. The molecule has 0 saturated carbocycles. The Morgan fingerprint density at radius 1 is 1.48 bits per heavy atom. The van der Waals surface area contributed by atoms with E-state index >= 15 is 0 Å². The lowest BCUT2D eigenvalue weighted by Crippen LogP contribution is -2.15. The largest absolute Gasteiger partial charge is 0.493 e. The van der Waals surface area contributed by atoms with Gasteiger partial charge < -0.3 is 19.2 Å². The van der Waals surface area contributed by atoms with Crippen LogP contribution in [0.25, 0.3) is 11.0 Å². The highest BCUT2D eigenvalue weighted by molar-refractivity contribution is 6.13. The van der Waals surface area contributed by atoms with Gasteiger partial charge in [-0.2, -0.15) is 10.4 Å². The van der Waals surface area contributed by atoms with Gasteiger partial charge >= 0.3 is 0 Å². The third kappa shape index (κ3) is 2.92. The number of ether oxygens (including phenoxy) is 2. The maximum Gasteiger partial charge on any atom is 0.257 e. The fourth-order valence-corrected chi connectivity index (χ4v) is 3.28. The molecule has 8 heteroatoms. The fraction of sp³-hybridized carbons (Fsp3) is 0.316. The molecule has 4 rings (SSSR count). The van der Waals surface area contributed by atoms with E-state index in [1.165, 1.54) is 10.9 Å². The molecule has 1 N–H and O–H groups in total. The van der Waals surface area contributed by atoms with Gasteiger partial charge in [-0.3, -0.25) is 9.48 Å². The maximum absolute atomic E-state index is 12.9. The van der Waals surface area contributed by atoms with E-state index < -0.39 is 0 Å². The van der Waals surface area contributed by atoms with E-state index in [0.29, 0.717) is 46.9 Å². The number of nitriles is 1. The quantitative estimate of drug-likeness (QED) is 0.762. The second kappa shape index (κ2) is 6.78. The highest BCUT2D eigenvalue weighted by Gasteiger charge is 2.25. The summed E-state index contributed by atoms with van der Waals surface area (Å²) in [5, 5.41) is 16.6. The summed E-state index contributed by atoms with van der Waals surface area (Å²) < 4.78 is 18.3. The Morgan fingerprint density at radius 2 is 2.33 bits per heavy atom. The van der Waals surface area contributed by atoms with Gasteiger partial charge in [-0.25, -0.2) is 0 Å². The van der Waals surface area contributed by atoms with Crippen molar-refractivity contribution in [2.75, 3.05) is 25.6 Å². The van der Waals surface area contributed by atoms with Crippen molar-refractivity contribution in [2.45, 2.75) is 12.3 Å². The number of nitrogens with zero attached hydrogens (tertiary/aromatic N) is 3. The van der Waals surface area contributed by atoms with Crippen LogP contribution in [0.1, 0.15) is 34.0 Å². The summed E-state index contributed by atoms with van der Waals surface area (Å²) in [5.74, 6) is 1.50. The number of amides is 1. The molecule has 1 aliphatic heterocycles. The smallest absolute Gasteiger partial charge is 0.257 e. The van der Waals surface area contributed by atoms with E-state index in [1.54, 1.807) is 26.3 Å². The zero-order valence-corrected chi connectivity index (χ0v) is 15.0. The van der Waals surface area contributed by atoms with Gasteiger partial charge in [-0.1, -0.05) is 0 Å². The average Bonchev–Trinajstić information content (AvgIpc) is 3.41. The normalized spacial score (nSPS) is 16.4. The van der Waals surface area contributed by atoms with Crippen molar-refractivity contribution in [3.63, 3.8) is 0 Å². The molecule has 1 atom stereocenters. The highest BCUT2D eigenvalue weighted by Crippen LogP contribution is 2.36. The number of aromatic nitrogens is 2. The summed E-state index contributed by atoms with van der Waals surface area (Å²) >= 11 is 0. The van der Waals surface area contributed by atoms with Crippen LogP contribution in [0, 0.1) is 11.3 Å². The molecule has 8 nitrogen and oxygen atoms in total. The van der Waals surface area contributed by atoms with E-state index in [9.17, 15) is 10.1 Å². The number of fused-ring (bicyclic) bond motifs is 1. The topological polar surface area (TPSA) is 102 Å². The SMILES string of the molecule is COc1ccc(C(=O)Nc2c(C#N)cnn2C)c2cc(C3CCOC3)oc12. The maximum atomic E-state index is 12.9. The lowest BCUT2D eigenvalue weighted by molar-refractivity contribution is 0.102. The van der Waals surface area contributed by atoms with Crippen LogP contribution in [0.15, 0.2) is 28.8 Å². The molecule has 1 amide bonds. The molecule has 0 radical (unpaired) electrons. The summed E-state index contributed by atoms with van der Waals surface area (Å²) in [6.07, 6.45) is 2.29. The summed E-state index contributed by atoms with van der Waals surface area (Å²) in [5.41, 5.74) is 1.26. The lowest BCUT2D eigenvalue weighted by atomic mass is 10.0. The van der Waals surface area contributed by atoms with Crippen LogP contribution >= 0.6 is 0 Å². The van der Waals surface area contributed by atoms with E-state index in [1.807, 2.05) is 12.1 Å². The molecule has 1 unspecified atom stereocenters. The Kier molecular flexibility index (Phi) is 4.30. The minimum absolute atomic E-state index is 0.167. The zero-order valence-electron chi connectivity index (χ0n) is 15.0. The Balaban J connectivity index is 1.75. The molecule has 27 heavy (non-hydrogen) atoms. The van der Waals surface area contributed by atoms with Gasteiger partial charge in [0, 0.05) is 25.0 Å². The lowest BCUT2D eigenvalue weighted by Gasteiger charge is -2.08. The second-order valence-electron chi connectivity index (χ2n) is 6.36. The van der Waals surface area contributed by atoms with Gasteiger partial charge in [0.2, 0.25) is 0 Å². The molecule has 3 heterocycles. The van der Waals surface area contributed by atoms with E-state index in [4.69, 9.17) is 13.9 Å². The first-order valence-electron chi connectivity index (χ1n) is 8.54. The molecule has 0 spiro atoms. The van der Waals surface area contributed by atoms with Crippen LogP contribution in [0.3, 0.4) is 0 Å². The second-order valence-corrected chi connectivity index (χ2v) is 6.36. The number of aryl methyl sites for hydroxylation is 1. The van der Waals surface area contributed by atoms with Crippen LogP contribution in [-0.2, 0) is 11.8 Å². The number of hydrogen-bond acceptors (Lipinski definition) is 6. The number of rotatable bonds is 4. The van der Waals surface area contributed by atoms with Crippen LogP contribution in [0.2, 0.25) is 0 Å². The number of methoxy groups -OCH3 is 1. The number of carbonyl (C=O) groups is 1. The fourth-order valence-electron chi connectivity index (χ4n) is 3.28. The van der Waals surface area contributed by atoms with Gasteiger partial charge in [0.25, 0.3) is 5.91 Å². The molecule has 0 bridgehead atoms. The van der Waals surface area contributed by atoms with Crippen LogP contribution in [0.4, 0.5) is 5.82 Å². The first-order valence-corrected chi connectivity index (χ1v) is 8.54. The van der Waals surface area contributed by atoms with Crippen molar-refractivity contribution in [2.24, 2.45) is 7.05 Å². The Labute approximate surface area is 155 Å². The number of hydrogen-bond donors (Lipinski definition) is 1. The van der Waals surface area contributed by atoms with Crippen molar-refractivity contribution in [3.05, 3.63) is 41.3 Å². The van der Waals surface area contributed by atoms with Gasteiger partial charge in [0.15, 0.2) is 11.3 Å². The van der Waals surface area contributed by atoms with Crippen molar-refractivity contribution in [1.82, 2.24) is 9.78 Å². The van der Waals surface area contributed by atoms with E-state index in [0.717, 1.165) is 12.2 Å². The summed E-state index contributed by atoms with van der Waals surface area (Å²) in [6.45, 7) is 1.30. The number of carbonyl (C=O) groups excluding carboxylic acids is 1. The Hall–Kier alpha value is -3.31. The third-order valence-corrected chi connectivity index (χ3v) is 4.75. The molecule has 1 aliphatic rings. The predicted molar refractivity (Wildman–Crippen MR) is 96.8 cm³/mol. The number of benzene rings is 1. The van der Waals surface area contributed by atoms with Crippen molar-refractivity contribution < 1.29 is 18.7 Å². The van der Waals surface area contributed by atoms with Crippen molar-refractivity contribution in [1.29, 1.82) is 5.26 Å². The monoisotopic (exact) mass is 366 g/mol. The zero-order chi connectivity index (χ0) is 19.0. The van der Waals surface area contributed by atoms with Crippen LogP contribution in [0.5, 0.6) is 5.75 Å². The van der Waals surface area contributed by atoms with Crippen LogP contribution < -0.4 is 10.1 Å². The molecule has 3 aromatic rings. The minimum atomic E-state index is -0.349. The van der Waals surface area contributed by atoms with Crippen LogP contribution in [-0.4, -0.2) is 36.0 Å². The summed E-state index contributed by atoms with van der Waals surface area (Å²) in [6, 6.07) is 7.28. The van der Waals surface area contributed by atoms with E-state index in [-0.39, 0.29) is 11.8 Å². The highest BCUT2D eigenvalue weighted by atomic mass is 16.5. The van der Waals surface area contributed by atoms with Gasteiger partial charge in [-0.05, 0) is 24.6 Å². The third-order valence-electron chi connectivity index (χ3n) is 4.75. The standard InChI is InChI=1S/C19H18N4O4/c1-23-18(12(8-20)9-21-23)22-19(24)13-3-4-15(25-2)17-14(13)7-16(27-17)11-5-6-26-10-11/h3-4,7,9,11H,5-6,10H2,1-2H3,(H,22,24). The Bertz CT molecular complexity index is 1050. The van der Waals surface area contributed by atoms with Crippen molar-refractivity contribution in [3.8, 4) is 11.8 Å². The number of furan rings is 1. The minimum Gasteiger partial charge on any atom is -0.493 e. The molecule has 0 aliphatic carbocycles. The first-order chi connectivity index (χ1) is 13.1. The molecular weight excluding hydrogens is 348 g/mol. The first kappa shape index (κ1) is 17.1. The van der Waals surface area contributed by atoms with Gasteiger partial charge in [0.1, 0.15) is 23.2 Å². The number of anilines is 1. The molecule has 1 aromatic carbocycles. The van der Waals surface area contributed by atoms with Gasteiger partial charge in [0.05, 0.1) is 25.5 Å². The summed E-state index contributed by atoms with van der Waals surface area (Å²) in [7, 11) is 3.22. The molecule has 138 valence electrons. The Morgan fingerprint density at radius 3 is 3.04 bits per heavy atom. The average molecular weight is 366 g/mol. The van der Waals surface area contributed by atoms with E-state index in [2.05, 4.69) is 10.4 Å². The molecular formula is C19H18N4O4. The predicted octanol–water partition coefficient (Wildman–Crippen LogP) is 2.80. The van der Waals surface area contributed by atoms with Gasteiger partial charge in [-0.15, -0.1) is 0 Å². The van der Waals surface area contributed by atoms with Crippen molar-refractivity contribution >= 4 is 22.7 Å².